The summed E-state index contributed by atoms with van der Waals surface area (Å²) in [7, 11) is 1.61. The van der Waals surface area contributed by atoms with Crippen molar-refractivity contribution < 1.29 is 19.1 Å². The fourth-order valence-corrected chi connectivity index (χ4v) is 6.07. The van der Waals surface area contributed by atoms with Crippen molar-refractivity contribution in [3.05, 3.63) is 119 Å². The number of fused-ring (bicyclic) bond motifs is 1. The number of ether oxygens (including phenoxy) is 1. The van der Waals surface area contributed by atoms with Gasteiger partial charge >= 0.3 is 0 Å². The summed E-state index contributed by atoms with van der Waals surface area (Å²) < 4.78 is 6.19. The van der Waals surface area contributed by atoms with Crippen molar-refractivity contribution in [1.29, 1.82) is 0 Å². The zero-order chi connectivity index (χ0) is 31.1. The van der Waals surface area contributed by atoms with Gasteiger partial charge in [0.1, 0.15) is 11.4 Å². The number of nitrogens with zero attached hydrogens (tertiary/aromatic N) is 1. The molecule has 5 aromatic rings. The third-order valence-corrected chi connectivity index (χ3v) is 8.64. The number of amides is 3. The van der Waals surface area contributed by atoms with Crippen LogP contribution >= 0.6 is 23.1 Å². The maximum absolute atomic E-state index is 13.5. The Balaban J connectivity index is 1.28. The average Bonchev–Trinajstić information content (AvgIpc) is 3.43. The normalized spacial score (nSPS) is 11.9. The Morgan fingerprint density at radius 2 is 1.68 bits per heavy atom. The van der Waals surface area contributed by atoms with Crippen molar-refractivity contribution in [2.24, 2.45) is 0 Å². The molecule has 1 unspecified atom stereocenters. The van der Waals surface area contributed by atoms with Crippen molar-refractivity contribution in [1.82, 2.24) is 10.3 Å². The highest BCUT2D eigenvalue weighted by molar-refractivity contribution is 8.00. The molecule has 0 aliphatic heterocycles. The van der Waals surface area contributed by atoms with Crippen LogP contribution in [-0.2, 0) is 9.59 Å². The molecule has 0 aliphatic rings. The van der Waals surface area contributed by atoms with Crippen LogP contribution in [0.2, 0.25) is 0 Å². The molecule has 0 fully saturated rings. The van der Waals surface area contributed by atoms with Crippen LogP contribution in [0.4, 0.5) is 10.8 Å². The van der Waals surface area contributed by atoms with Crippen molar-refractivity contribution in [3.8, 4) is 5.75 Å². The van der Waals surface area contributed by atoms with E-state index in [1.807, 2.05) is 68.4 Å². The summed E-state index contributed by atoms with van der Waals surface area (Å²) in [4.78, 5) is 44.7. The van der Waals surface area contributed by atoms with E-state index in [0.29, 0.717) is 16.4 Å². The van der Waals surface area contributed by atoms with Gasteiger partial charge in [-0.25, -0.2) is 4.98 Å². The highest BCUT2D eigenvalue weighted by Gasteiger charge is 2.19. The Labute approximate surface area is 263 Å². The molecule has 8 nitrogen and oxygen atoms in total. The van der Waals surface area contributed by atoms with E-state index >= 15 is 0 Å². The molecular formula is C34H30N4O4S2. The van der Waals surface area contributed by atoms with Gasteiger partial charge in [-0.2, -0.15) is 0 Å². The van der Waals surface area contributed by atoms with Crippen LogP contribution in [0.25, 0.3) is 16.3 Å². The lowest BCUT2D eigenvalue weighted by atomic mass is 10.1. The summed E-state index contributed by atoms with van der Waals surface area (Å²) in [5, 5.41) is 8.63. The first-order chi connectivity index (χ1) is 21.3. The number of aromatic nitrogens is 1. The first kappa shape index (κ1) is 30.5. The maximum Gasteiger partial charge on any atom is 0.272 e. The largest absolute Gasteiger partial charge is 0.497 e. The number of thiazole rings is 1. The zero-order valence-corrected chi connectivity index (χ0v) is 25.9. The number of carbonyl (C=O) groups excluding carboxylic acids is 3. The van der Waals surface area contributed by atoms with Gasteiger partial charge in [-0.3, -0.25) is 14.4 Å². The predicted octanol–water partition coefficient (Wildman–Crippen LogP) is 7.14. The molecule has 5 rings (SSSR count). The minimum atomic E-state index is -0.474. The molecule has 0 radical (unpaired) electrons. The molecule has 10 heteroatoms. The topological polar surface area (TPSA) is 109 Å². The predicted molar refractivity (Wildman–Crippen MR) is 178 cm³/mol. The summed E-state index contributed by atoms with van der Waals surface area (Å²) in [5.41, 5.74) is 3.62. The molecular weight excluding hydrogens is 593 g/mol. The molecule has 1 atom stereocenters. The number of rotatable bonds is 10. The molecule has 0 aliphatic carbocycles. The fourth-order valence-electron chi connectivity index (χ4n) is 4.24. The van der Waals surface area contributed by atoms with Gasteiger partial charge in [-0.1, -0.05) is 59.9 Å². The van der Waals surface area contributed by atoms with Gasteiger partial charge in [-0.05, 0) is 79.6 Å². The van der Waals surface area contributed by atoms with E-state index < -0.39 is 17.1 Å². The molecule has 44 heavy (non-hydrogen) atoms. The second kappa shape index (κ2) is 14.0. The standard InChI is InChI=1S/C34H30N4O4S2/c1-21-10-7-8-13-24(21)18-29(36-32(40)23-11-5-4-6-12-23)33(41)35-25-14-9-15-27(19-25)43-22(2)31(39)38-34-37-28-17-16-26(42-3)20-30(28)44-34/h4-20,22H,1-3H3,(H,35,41)(H,36,40)(H,37,38,39)/b29-18-. The lowest BCUT2D eigenvalue weighted by molar-refractivity contribution is -0.115. The zero-order valence-electron chi connectivity index (χ0n) is 24.3. The third-order valence-electron chi connectivity index (χ3n) is 6.62. The smallest absolute Gasteiger partial charge is 0.272 e. The van der Waals surface area contributed by atoms with Gasteiger partial charge in [0.25, 0.3) is 11.8 Å². The second-order valence-electron chi connectivity index (χ2n) is 9.82. The summed E-state index contributed by atoms with van der Waals surface area (Å²) in [6.07, 6.45) is 1.66. The van der Waals surface area contributed by atoms with E-state index in [1.165, 1.54) is 23.1 Å². The van der Waals surface area contributed by atoms with Crippen LogP contribution in [0, 0.1) is 6.92 Å². The van der Waals surface area contributed by atoms with Crippen LogP contribution in [0.1, 0.15) is 28.4 Å². The molecule has 0 bridgehead atoms. The highest BCUT2D eigenvalue weighted by atomic mass is 32.2. The Morgan fingerprint density at radius 1 is 0.909 bits per heavy atom. The van der Waals surface area contributed by atoms with Gasteiger partial charge in [-0.15, -0.1) is 11.8 Å². The molecule has 0 spiro atoms. The number of nitrogens with one attached hydrogen (secondary N) is 3. The van der Waals surface area contributed by atoms with E-state index in [-0.39, 0.29) is 11.6 Å². The minimum absolute atomic E-state index is 0.104. The van der Waals surface area contributed by atoms with E-state index in [1.54, 1.807) is 55.7 Å². The lowest BCUT2D eigenvalue weighted by Gasteiger charge is -2.14. The first-order valence-corrected chi connectivity index (χ1v) is 15.5. The monoisotopic (exact) mass is 622 g/mol. The quantitative estimate of drug-likeness (QED) is 0.113. The molecule has 3 N–H and O–H groups in total. The highest BCUT2D eigenvalue weighted by Crippen LogP contribution is 2.31. The number of carbonyl (C=O) groups is 3. The molecule has 0 saturated carbocycles. The molecule has 1 aromatic heterocycles. The summed E-state index contributed by atoms with van der Waals surface area (Å²) >= 11 is 2.73. The number of methoxy groups -OCH3 is 1. The number of hydrogen-bond acceptors (Lipinski definition) is 7. The van der Waals surface area contributed by atoms with Gasteiger partial charge in [0, 0.05) is 16.1 Å². The van der Waals surface area contributed by atoms with E-state index in [4.69, 9.17) is 4.74 Å². The maximum atomic E-state index is 13.5. The number of anilines is 2. The number of aryl methyl sites for hydroxylation is 1. The Hall–Kier alpha value is -4.93. The van der Waals surface area contributed by atoms with Crippen molar-refractivity contribution >= 4 is 67.9 Å². The molecule has 4 aromatic carbocycles. The fraction of sp³-hybridized carbons (Fsp3) is 0.118. The minimum Gasteiger partial charge on any atom is -0.497 e. The third kappa shape index (κ3) is 7.71. The van der Waals surface area contributed by atoms with Gasteiger partial charge in [0.05, 0.1) is 22.6 Å². The first-order valence-electron chi connectivity index (χ1n) is 13.8. The van der Waals surface area contributed by atoms with Crippen molar-refractivity contribution in [2.75, 3.05) is 17.7 Å². The van der Waals surface area contributed by atoms with E-state index in [9.17, 15) is 14.4 Å². The van der Waals surface area contributed by atoms with Crippen LogP contribution in [0.3, 0.4) is 0 Å². The Bertz CT molecular complexity index is 1850. The number of thioether (sulfide) groups is 1. The number of benzene rings is 4. The summed E-state index contributed by atoms with van der Waals surface area (Å²) in [5.74, 6) is -0.330. The molecule has 1 heterocycles. The average molecular weight is 623 g/mol. The van der Waals surface area contributed by atoms with Crippen LogP contribution in [0.15, 0.2) is 108 Å². The molecule has 0 saturated heterocycles. The van der Waals surface area contributed by atoms with Crippen molar-refractivity contribution in [2.45, 2.75) is 24.0 Å². The van der Waals surface area contributed by atoms with Crippen LogP contribution in [-0.4, -0.2) is 35.1 Å². The van der Waals surface area contributed by atoms with Crippen LogP contribution < -0.4 is 20.7 Å². The summed E-state index contributed by atoms with van der Waals surface area (Å²) in [6.45, 7) is 3.75. The van der Waals surface area contributed by atoms with Crippen LogP contribution in [0.5, 0.6) is 5.75 Å². The van der Waals surface area contributed by atoms with Crippen molar-refractivity contribution in [3.63, 3.8) is 0 Å². The number of hydrogen-bond donors (Lipinski definition) is 3. The molecule has 222 valence electrons. The van der Waals surface area contributed by atoms with E-state index in [0.717, 1.165) is 32.0 Å². The Kier molecular flexibility index (Phi) is 9.73. The van der Waals surface area contributed by atoms with E-state index in [2.05, 4.69) is 20.9 Å². The Morgan fingerprint density at radius 3 is 2.45 bits per heavy atom. The summed E-state index contributed by atoms with van der Waals surface area (Å²) in [6, 6.07) is 29.1. The van der Waals surface area contributed by atoms with Gasteiger partial charge in [0.2, 0.25) is 5.91 Å². The van der Waals surface area contributed by atoms with Gasteiger partial charge in [0.15, 0.2) is 5.13 Å². The van der Waals surface area contributed by atoms with Gasteiger partial charge < -0.3 is 20.7 Å². The SMILES string of the molecule is COc1ccc2nc(NC(=O)C(C)Sc3cccc(NC(=O)/C(=C/c4ccccc4C)NC(=O)c4ccccc4)c3)sc2c1. The molecule has 3 amide bonds. The lowest BCUT2D eigenvalue weighted by Crippen LogP contribution is -2.30. The second-order valence-corrected chi connectivity index (χ2v) is 12.3.